The van der Waals surface area contributed by atoms with E-state index in [9.17, 15) is 9.59 Å². The van der Waals surface area contributed by atoms with Gasteiger partial charge >= 0.3 is 11.9 Å². The molecule has 0 aromatic carbocycles. The Morgan fingerprint density at radius 3 is 0.923 bits per heavy atom. The molecule has 0 fully saturated rings. The van der Waals surface area contributed by atoms with E-state index >= 15 is 0 Å². The van der Waals surface area contributed by atoms with Gasteiger partial charge in [-0.2, -0.15) is 0 Å². The third-order valence-corrected chi connectivity index (χ3v) is 10.4. The Labute approximate surface area is 327 Å². The minimum atomic E-state index is -0.0316. The van der Waals surface area contributed by atoms with Crippen molar-refractivity contribution < 1.29 is 19.1 Å². The minimum Gasteiger partial charge on any atom is -0.466 e. The van der Waals surface area contributed by atoms with Crippen LogP contribution in [0.2, 0.25) is 0 Å². The predicted octanol–water partition coefficient (Wildman–Crippen LogP) is 16.5. The number of hydrogen-bond acceptors (Lipinski definition) is 4. The molecule has 0 N–H and O–H groups in total. The number of carbonyl (C=O) groups excluding carboxylic acids is 2. The van der Waals surface area contributed by atoms with Crippen molar-refractivity contribution in [1.29, 1.82) is 0 Å². The number of rotatable bonds is 40. The summed E-state index contributed by atoms with van der Waals surface area (Å²) in [5.74, 6) is 1.73. The van der Waals surface area contributed by atoms with Crippen LogP contribution in [0.1, 0.15) is 273 Å². The van der Waals surface area contributed by atoms with Gasteiger partial charge in [0, 0.05) is 12.8 Å². The summed E-state index contributed by atoms with van der Waals surface area (Å²) in [6.45, 7) is 14.5. The number of unbranched alkanes of at least 4 members (excludes halogenated alkanes) is 29. The van der Waals surface area contributed by atoms with E-state index in [4.69, 9.17) is 9.47 Å². The van der Waals surface area contributed by atoms with Crippen LogP contribution in [0.15, 0.2) is 0 Å². The Bertz CT molecular complexity index is 688. The lowest BCUT2D eigenvalue weighted by Crippen LogP contribution is -2.05. The minimum absolute atomic E-state index is 0.0198. The highest BCUT2D eigenvalue weighted by Gasteiger charge is 2.03. The molecule has 0 unspecified atom stereocenters. The fourth-order valence-electron chi connectivity index (χ4n) is 6.91. The third-order valence-electron chi connectivity index (χ3n) is 10.4. The molecule has 4 nitrogen and oxygen atoms in total. The first-order valence-corrected chi connectivity index (χ1v) is 23.6. The lowest BCUT2D eigenvalue weighted by atomic mass is 10.0. The Morgan fingerprint density at radius 2 is 0.615 bits per heavy atom. The molecule has 0 heterocycles. The normalized spacial score (nSPS) is 11.2. The molecular weight excluding hydrogens is 641 g/mol. The SMILES string of the molecule is CCCCCCCCCCOC(=O)CCCCCCCCCCCCCCC(C)C.CCOC(=O)CCCCCCCCCCCCCCC(C)C. The molecule has 4 heteroatoms. The van der Waals surface area contributed by atoms with E-state index in [1.165, 1.54) is 199 Å². The van der Waals surface area contributed by atoms with Crippen molar-refractivity contribution in [3.05, 3.63) is 0 Å². The largest absolute Gasteiger partial charge is 0.466 e. The molecule has 0 aromatic rings. The second-order valence-corrected chi connectivity index (χ2v) is 16.9. The van der Waals surface area contributed by atoms with Crippen molar-refractivity contribution in [3.63, 3.8) is 0 Å². The van der Waals surface area contributed by atoms with Crippen LogP contribution < -0.4 is 0 Å². The first kappa shape index (κ1) is 53.0. The highest BCUT2D eigenvalue weighted by molar-refractivity contribution is 5.69. The van der Waals surface area contributed by atoms with Crippen molar-refractivity contribution in [1.82, 2.24) is 0 Å². The van der Waals surface area contributed by atoms with Crippen LogP contribution in [0, 0.1) is 11.8 Å². The molecule has 0 saturated heterocycles. The molecule has 0 aliphatic rings. The molecule has 0 bridgehead atoms. The van der Waals surface area contributed by atoms with Crippen molar-refractivity contribution >= 4 is 11.9 Å². The highest BCUT2D eigenvalue weighted by Crippen LogP contribution is 2.16. The topological polar surface area (TPSA) is 52.6 Å². The maximum absolute atomic E-state index is 11.8. The molecule has 0 rings (SSSR count). The molecule has 312 valence electrons. The van der Waals surface area contributed by atoms with Crippen molar-refractivity contribution in [2.24, 2.45) is 11.8 Å². The molecule has 0 amide bonds. The molecular formula is C48H96O4. The van der Waals surface area contributed by atoms with Crippen LogP contribution >= 0.6 is 0 Å². The van der Waals surface area contributed by atoms with E-state index in [1.807, 2.05) is 6.92 Å². The average Bonchev–Trinajstić information content (AvgIpc) is 3.11. The summed E-state index contributed by atoms with van der Waals surface area (Å²) in [5, 5.41) is 0. The predicted molar refractivity (Wildman–Crippen MR) is 229 cm³/mol. The molecule has 0 saturated carbocycles. The van der Waals surface area contributed by atoms with Gasteiger partial charge in [-0.05, 0) is 38.0 Å². The van der Waals surface area contributed by atoms with Gasteiger partial charge < -0.3 is 9.47 Å². The van der Waals surface area contributed by atoms with Crippen LogP contribution in [-0.2, 0) is 19.1 Å². The van der Waals surface area contributed by atoms with Gasteiger partial charge in [-0.25, -0.2) is 0 Å². The van der Waals surface area contributed by atoms with Crippen molar-refractivity contribution in [2.75, 3.05) is 13.2 Å². The molecule has 0 aliphatic heterocycles. The lowest BCUT2D eigenvalue weighted by molar-refractivity contribution is -0.144. The quantitative estimate of drug-likeness (QED) is 0.0464. The van der Waals surface area contributed by atoms with Crippen LogP contribution in [0.3, 0.4) is 0 Å². The van der Waals surface area contributed by atoms with E-state index in [0.717, 1.165) is 31.1 Å². The molecule has 0 radical (unpaired) electrons. The zero-order valence-electron chi connectivity index (χ0n) is 36.7. The van der Waals surface area contributed by atoms with Gasteiger partial charge in [0.05, 0.1) is 13.2 Å². The van der Waals surface area contributed by atoms with E-state index in [2.05, 4.69) is 34.6 Å². The Balaban J connectivity index is 0. The van der Waals surface area contributed by atoms with Gasteiger partial charge in [0.1, 0.15) is 0 Å². The maximum Gasteiger partial charge on any atom is 0.305 e. The zero-order valence-corrected chi connectivity index (χ0v) is 36.7. The first-order valence-electron chi connectivity index (χ1n) is 23.6. The summed E-state index contributed by atoms with van der Waals surface area (Å²) in [7, 11) is 0. The smallest absolute Gasteiger partial charge is 0.305 e. The molecule has 52 heavy (non-hydrogen) atoms. The van der Waals surface area contributed by atoms with Gasteiger partial charge in [0.25, 0.3) is 0 Å². The van der Waals surface area contributed by atoms with Crippen molar-refractivity contribution in [2.45, 2.75) is 273 Å². The summed E-state index contributed by atoms with van der Waals surface area (Å²) >= 11 is 0. The summed E-state index contributed by atoms with van der Waals surface area (Å²) in [6, 6.07) is 0. The second kappa shape index (κ2) is 46.1. The van der Waals surface area contributed by atoms with Gasteiger partial charge in [-0.3, -0.25) is 9.59 Å². The first-order chi connectivity index (χ1) is 25.3. The van der Waals surface area contributed by atoms with Crippen LogP contribution in [0.4, 0.5) is 0 Å². The lowest BCUT2D eigenvalue weighted by Gasteiger charge is -2.06. The van der Waals surface area contributed by atoms with Crippen molar-refractivity contribution in [3.8, 4) is 0 Å². The summed E-state index contributed by atoms with van der Waals surface area (Å²) in [5.41, 5.74) is 0. The van der Waals surface area contributed by atoms with Gasteiger partial charge in [-0.15, -0.1) is 0 Å². The Hall–Kier alpha value is -1.06. The van der Waals surface area contributed by atoms with Gasteiger partial charge in [0.2, 0.25) is 0 Å². The van der Waals surface area contributed by atoms with Crippen LogP contribution in [0.25, 0.3) is 0 Å². The standard InChI is InChI=1S/C28H56O2.C20H40O2/c1-4-5-6-7-8-17-20-23-26-30-28(29)25-22-19-16-14-12-10-9-11-13-15-18-21-24-27(2)3;1-4-22-20(21)18-16-14-12-10-8-6-5-7-9-11-13-15-17-19(2)3/h27H,4-26H2,1-3H3;19H,4-18H2,1-3H3. The highest BCUT2D eigenvalue weighted by atomic mass is 16.5. The molecule has 0 atom stereocenters. The summed E-state index contributed by atoms with van der Waals surface area (Å²) in [4.78, 5) is 22.9. The van der Waals surface area contributed by atoms with Gasteiger partial charge in [-0.1, -0.05) is 234 Å². The molecule has 0 aliphatic carbocycles. The average molecular weight is 737 g/mol. The Kier molecular flexibility index (Phi) is 47.0. The maximum atomic E-state index is 11.8. The number of carbonyl (C=O) groups is 2. The number of esters is 2. The Morgan fingerprint density at radius 1 is 0.346 bits per heavy atom. The van der Waals surface area contributed by atoms with E-state index in [0.29, 0.717) is 26.1 Å². The van der Waals surface area contributed by atoms with Gasteiger partial charge in [0.15, 0.2) is 0 Å². The number of hydrogen-bond donors (Lipinski definition) is 0. The number of ether oxygens (including phenoxy) is 2. The zero-order chi connectivity index (χ0) is 38.6. The van der Waals surface area contributed by atoms with E-state index in [-0.39, 0.29) is 11.9 Å². The summed E-state index contributed by atoms with van der Waals surface area (Å²) in [6.07, 6.45) is 46.5. The fourth-order valence-corrected chi connectivity index (χ4v) is 6.91. The second-order valence-electron chi connectivity index (χ2n) is 16.9. The van der Waals surface area contributed by atoms with Crippen LogP contribution in [0.5, 0.6) is 0 Å². The molecule has 0 aromatic heterocycles. The fraction of sp³-hybridized carbons (Fsp3) is 0.958. The van der Waals surface area contributed by atoms with E-state index < -0.39 is 0 Å². The third kappa shape index (κ3) is 51.0. The monoisotopic (exact) mass is 737 g/mol. The van der Waals surface area contributed by atoms with E-state index in [1.54, 1.807) is 0 Å². The van der Waals surface area contributed by atoms with Crippen LogP contribution in [-0.4, -0.2) is 25.2 Å². The summed E-state index contributed by atoms with van der Waals surface area (Å²) < 4.78 is 10.3. The molecule has 0 spiro atoms.